The van der Waals surface area contributed by atoms with Crippen molar-refractivity contribution in [3.8, 4) is 0 Å². The van der Waals surface area contributed by atoms with Crippen molar-refractivity contribution < 1.29 is 12.7 Å². The van der Waals surface area contributed by atoms with Gasteiger partial charge >= 0.3 is 8.56 Å². The van der Waals surface area contributed by atoms with E-state index in [-0.39, 0.29) is 0 Å². The molecule has 0 rings (SSSR count). The van der Waals surface area contributed by atoms with Gasteiger partial charge in [-0.05, 0) is 72.1 Å². The molecule has 0 saturated heterocycles. The zero-order chi connectivity index (χ0) is 16.9. The first-order chi connectivity index (χ1) is 9.24. The lowest BCUT2D eigenvalue weighted by molar-refractivity contribution is -0.906. The van der Waals surface area contributed by atoms with Crippen molar-refractivity contribution in [1.82, 2.24) is 0 Å². The van der Waals surface area contributed by atoms with E-state index in [1.165, 1.54) is 36.6 Å². The monoisotopic (exact) mass is 350 g/mol. The first kappa shape index (κ1) is 21.5. The van der Waals surface area contributed by atoms with Crippen LogP contribution in [0.3, 0.4) is 0 Å². The van der Waals surface area contributed by atoms with E-state index in [9.17, 15) is 0 Å². The van der Waals surface area contributed by atoms with Crippen molar-refractivity contribution in [3.05, 3.63) is 0 Å². The quantitative estimate of drug-likeness (QED) is 0.422. The van der Waals surface area contributed by atoms with Gasteiger partial charge in [0.15, 0.2) is 16.6 Å². The molecule has 0 aromatic carbocycles. The number of quaternary nitrogens is 1. The highest BCUT2D eigenvalue weighted by Gasteiger charge is 2.37. The first-order valence-electron chi connectivity index (χ1n) is 8.48. The van der Waals surface area contributed by atoms with Crippen LogP contribution in [0.2, 0.25) is 51.9 Å². The average molecular weight is 351 g/mol. The van der Waals surface area contributed by atoms with Crippen LogP contribution < -0.4 is 0 Å². The average Bonchev–Trinajstić information content (AvgIpc) is 2.23. The lowest BCUT2D eigenvalue weighted by Crippen LogP contribution is -2.52. The molecule has 0 spiro atoms. The van der Waals surface area contributed by atoms with Gasteiger partial charge in [-0.15, -0.1) is 0 Å². The third kappa shape index (κ3) is 10.0. The van der Waals surface area contributed by atoms with Crippen molar-refractivity contribution in [3.63, 3.8) is 0 Å². The molecular formula is C15H40NO2Si3+. The maximum Gasteiger partial charge on any atom is 0.311 e. The minimum absolute atomic E-state index is 1.18. The zero-order valence-corrected chi connectivity index (χ0v) is 19.3. The SMILES string of the molecule is CC[N+](C)(CC)CCC[Si](C)(C)O[Si](C)(C)O[Si](C)(C)C. The Balaban J connectivity index is 4.43. The topological polar surface area (TPSA) is 18.5 Å². The van der Waals surface area contributed by atoms with Gasteiger partial charge in [0.25, 0.3) is 0 Å². The normalized spacial score (nSPS) is 14.6. The lowest BCUT2D eigenvalue weighted by atomic mass is 10.3. The summed E-state index contributed by atoms with van der Waals surface area (Å²) in [5.41, 5.74) is 0. The Hall–Kier alpha value is 0.531. The van der Waals surface area contributed by atoms with Crippen LogP contribution in [0.25, 0.3) is 0 Å². The fourth-order valence-electron chi connectivity index (χ4n) is 2.90. The van der Waals surface area contributed by atoms with Gasteiger partial charge in [-0.2, -0.15) is 0 Å². The van der Waals surface area contributed by atoms with E-state index in [1.807, 2.05) is 0 Å². The molecule has 0 atom stereocenters. The van der Waals surface area contributed by atoms with Crippen LogP contribution in [-0.2, 0) is 8.23 Å². The Labute approximate surface area is 137 Å². The fraction of sp³-hybridized carbons (Fsp3) is 1.00. The molecule has 0 amide bonds. The van der Waals surface area contributed by atoms with Crippen molar-refractivity contribution in [2.75, 3.05) is 26.7 Å². The highest BCUT2D eigenvalue weighted by Crippen LogP contribution is 2.24. The first-order valence-corrected chi connectivity index (χ1v) is 17.8. The molecule has 21 heavy (non-hydrogen) atoms. The minimum atomic E-state index is -1.97. The Bertz CT molecular complexity index is 311. The van der Waals surface area contributed by atoms with Gasteiger partial charge in [0.05, 0.1) is 26.7 Å². The van der Waals surface area contributed by atoms with Gasteiger partial charge in [-0.3, -0.25) is 0 Å². The van der Waals surface area contributed by atoms with Crippen LogP contribution in [0.5, 0.6) is 0 Å². The fourth-order valence-corrected chi connectivity index (χ4v) is 16.1. The molecular weight excluding hydrogens is 310 g/mol. The predicted molar refractivity (Wildman–Crippen MR) is 102 cm³/mol. The molecule has 0 fully saturated rings. The number of nitrogens with zero attached hydrogens (tertiary/aromatic N) is 1. The van der Waals surface area contributed by atoms with Gasteiger partial charge in [-0.1, -0.05) is 0 Å². The van der Waals surface area contributed by atoms with E-state index in [4.69, 9.17) is 8.23 Å². The molecule has 0 heterocycles. The van der Waals surface area contributed by atoms with Crippen LogP contribution in [0, 0.1) is 0 Å². The summed E-state index contributed by atoms with van der Waals surface area (Å²) < 4.78 is 14.1. The molecule has 128 valence electrons. The summed E-state index contributed by atoms with van der Waals surface area (Å²) >= 11 is 0. The van der Waals surface area contributed by atoms with Crippen LogP contribution in [0.1, 0.15) is 20.3 Å². The summed E-state index contributed by atoms with van der Waals surface area (Å²) in [5.74, 6) is 0. The minimum Gasteiger partial charge on any atom is -0.437 e. The van der Waals surface area contributed by atoms with Crippen LogP contribution >= 0.6 is 0 Å². The van der Waals surface area contributed by atoms with Crippen molar-refractivity contribution >= 4 is 25.2 Å². The lowest BCUT2D eigenvalue weighted by Gasteiger charge is -2.38. The van der Waals surface area contributed by atoms with Gasteiger partial charge in [0.2, 0.25) is 0 Å². The molecule has 0 aromatic heterocycles. The van der Waals surface area contributed by atoms with E-state index >= 15 is 0 Å². The molecule has 0 N–H and O–H groups in total. The standard InChI is InChI=1S/C15H40NO2Si3/c1-11-16(3,12-2)14-13-15-20(7,8)18-21(9,10)17-19(4,5)6/h11-15H2,1-10H3/q+1. The summed E-state index contributed by atoms with van der Waals surface area (Å²) in [6, 6.07) is 1.24. The summed E-state index contributed by atoms with van der Waals surface area (Å²) in [7, 11) is -2.73. The molecule has 6 heteroatoms. The molecule has 0 aliphatic heterocycles. The highest BCUT2D eigenvalue weighted by molar-refractivity contribution is 6.87. The molecule has 0 aliphatic carbocycles. The van der Waals surface area contributed by atoms with Crippen molar-refractivity contribution in [2.24, 2.45) is 0 Å². The van der Waals surface area contributed by atoms with E-state index in [2.05, 4.69) is 66.7 Å². The molecule has 0 radical (unpaired) electrons. The Kier molecular flexibility index (Phi) is 8.08. The predicted octanol–water partition coefficient (Wildman–Crippen LogP) is 4.64. The Morgan fingerprint density at radius 2 is 1.29 bits per heavy atom. The van der Waals surface area contributed by atoms with E-state index < -0.39 is 25.2 Å². The molecule has 0 aliphatic rings. The van der Waals surface area contributed by atoms with Gasteiger partial charge < -0.3 is 12.7 Å². The van der Waals surface area contributed by atoms with Crippen molar-refractivity contribution in [1.29, 1.82) is 0 Å². The maximum absolute atomic E-state index is 6.57. The molecule has 0 saturated carbocycles. The third-order valence-corrected chi connectivity index (χ3v) is 14.2. The largest absolute Gasteiger partial charge is 0.437 e. The maximum atomic E-state index is 6.57. The van der Waals surface area contributed by atoms with E-state index in [1.54, 1.807) is 0 Å². The Morgan fingerprint density at radius 3 is 1.67 bits per heavy atom. The third-order valence-electron chi connectivity index (χ3n) is 4.08. The molecule has 0 bridgehead atoms. The molecule has 0 aromatic rings. The summed E-state index contributed by atoms with van der Waals surface area (Å²) in [6.07, 6.45) is 1.27. The zero-order valence-electron chi connectivity index (χ0n) is 16.3. The summed E-state index contributed by atoms with van der Waals surface area (Å²) in [5, 5.41) is 0. The number of hydrogen-bond donors (Lipinski definition) is 0. The van der Waals surface area contributed by atoms with Gasteiger partial charge in [0, 0.05) is 0 Å². The number of hydrogen-bond acceptors (Lipinski definition) is 2. The van der Waals surface area contributed by atoms with Crippen LogP contribution in [-0.4, -0.2) is 56.4 Å². The second-order valence-electron chi connectivity index (χ2n) is 8.56. The van der Waals surface area contributed by atoms with Gasteiger partial charge in [0.1, 0.15) is 0 Å². The summed E-state index contributed by atoms with van der Waals surface area (Å²) in [4.78, 5) is 0. The van der Waals surface area contributed by atoms with Crippen molar-refractivity contribution in [2.45, 2.75) is 72.1 Å². The second-order valence-corrected chi connectivity index (χ2v) is 21.2. The molecule has 0 unspecified atom stereocenters. The van der Waals surface area contributed by atoms with Crippen LogP contribution in [0.4, 0.5) is 0 Å². The van der Waals surface area contributed by atoms with Crippen LogP contribution in [0.15, 0.2) is 0 Å². The second kappa shape index (κ2) is 7.88. The number of rotatable bonds is 10. The smallest absolute Gasteiger partial charge is 0.311 e. The van der Waals surface area contributed by atoms with Gasteiger partial charge in [-0.25, -0.2) is 0 Å². The Morgan fingerprint density at radius 1 is 0.810 bits per heavy atom. The van der Waals surface area contributed by atoms with E-state index in [0.717, 1.165) is 0 Å². The van der Waals surface area contributed by atoms with E-state index in [0.29, 0.717) is 0 Å². The highest BCUT2D eigenvalue weighted by atomic mass is 28.5. The summed E-state index contributed by atoms with van der Waals surface area (Å²) in [6.45, 7) is 24.2. The molecule has 3 nitrogen and oxygen atoms in total.